The van der Waals surface area contributed by atoms with Crippen LogP contribution in [0.1, 0.15) is 0 Å². The van der Waals surface area contributed by atoms with Gasteiger partial charge in [0.2, 0.25) is 0 Å². The minimum atomic E-state index is -4.45. The predicted octanol–water partition coefficient (Wildman–Crippen LogP) is -0.0939. The molecule has 0 saturated carbocycles. The van der Waals surface area contributed by atoms with Gasteiger partial charge in [0.05, 0.1) is 31.2 Å². The second kappa shape index (κ2) is 6.86. The minimum Gasteiger partial charge on any atom is -0.744 e. The molecule has 0 spiro atoms. The molecule has 0 bridgehead atoms. The molecule has 0 atom stereocenters. The molecule has 0 unspecified atom stereocenters. The fourth-order valence-corrected chi connectivity index (χ4v) is 2.77. The fourth-order valence-electron chi connectivity index (χ4n) is 2.09. The summed E-state index contributed by atoms with van der Waals surface area (Å²) in [6.07, 6.45) is 0. The summed E-state index contributed by atoms with van der Waals surface area (Å²) >= 11 is 0. The molecule has 0 aliphatic carbocycles. The first-order valence-electron chi connectivity index (χ1n) is 6.62. The summed E-state index contributed by atoms with van der Waals surface area (Å²) in [5.41, 5.74) is 6.13. The van der Waals surface area contributed by atoms with Gasteiger partial charge >= 0.3 is 0 Å². The van der Waals surface area contributed by atoms with E-state index in [0.29, 0.717) is 16.5 Å². The topological polar surface area (TPSA) is 109 Å². The lowest BCUT2D eigenvalue weighted by Crippen LogP contribution is -2.87. The highest BCUT2D eigenvalue weighted by Crippen LogP contribution is 2.27. The molecule has 7 heteroatoms. The maximum Gasteiger partial charge on any atom is 0.125 e. The Labute approximate surface area is 123 Å². The average molecular weight is 310 g/mol. The molecule has 1 saturated heterocycles. The first kappa shape index (κ1) is 15.7. The summed E-state index contributed by atoms with van der Waals surface area (Å²) in [6.45, 7) is 4.19. The van der Waals surface area contributed by atoms with E-state index >= 15 is 0 Å². The van der Waals surface area contributed by atoms with Gasteiger partial charge in [0, 0.05) is 16.5 Å². The van der Waals surface area contributed by atoms with E-state index in [9.17, 15) is 13.0 Å². The molecule has 0 amide bonds. The van der Waals surface area contributed by atoms with Crippen LogP contribution in [0.5, 0.6) is 0 Å². The summed E-state index contributed by atoms with van der Waals surface area (Å²) in [6, 6.07) is 9.30. The molecule has 114 valence electrons. The van der Waals surface area contributed by atoms with Crippen LogP contribution >= 0.6 is 0 Å². The highest BCUT2D eigenvalue weighted by Gasteiger charge is 2.08. The zero-order valence-corrected chi connectivity index (χ0v) is 12.3. The van der Waals surface area contributed by atoms with E-state index in [1.54, 1.807) is 24.3 Å². The van der Waals surface area contributed by atoms with Crippen LogP contribution in [0.25, 0.3) is 10.8 Å². The first-order valence-corrected chi connectivity index (χ1v) is 8.03. The van der Waals surface area contributed by atoms with E-state index in [2.05, 4.69) is 5.32 Å². The van der Waals surface area contributed by atoms with Crippen LogP contribution in [0.15, 0.2) is 41.3 Å². The molecule has 2 aromatic rings. The summed E-state index contributed by atoms with van der Waals surface area (Å²) in [7, 11) is -4.45. The normalized spacial score (nSPS) is 15.3. The van der Waals surface area contributed by atoms with Crippen LogP contribution in [0, 0.1) is 0 Å². The van der Waals surface area contributed by atoms with Gasteiger partial charge in [0.25, 0.3) is 0 Å². The van der Waals surface area contributed by atoms with Gasteiger partial charge in [-0.15, -0.1) is 0 Å². The van der Waals surface area contributed by atoms with Crippen molar-refractivity contribution in [2.24, 2.45) is 0 Å². The van der Waals surface area contributed by atoms with Crippen LogP contribution in [-0.2, 0) is 14.9 Å². The number of rotatable bonds is 1. The Morgan fingerprint density at radius 2 is 1.67 bits per heavy atom. The van der Waals surface area contributed by atoms with Crippen molar-refractivity contribution in [3.05, 3.63) is 36.4 Å². The van der Waals surface area contributed by atoms with Crippen molar-refractivity contribution in [2.45, 2.75) is 4.90 Å². The van der Waals surface area contributed by atoms with Crippen molar-refractivity contribution in [1.82, 2.24) is 0 Å². The van der Waals surface area contributed by atoms with Crippen molar-refractivity contribution < 1.29 is 23.0 Å². The first-order chi connectivity index (χ1) is 10.00. The number of anilines is 1. The highest BCUT2D eigenvalue weighted by molar-refractivity contribution is 7.86. The number of morpholine rings is 1. The van der Waals surface area contributed by atoms with Gasteiger partial charge < -0.3 is 20.3 Å². The third-order valence-corrected chi connectivity index (χ3v) is 4.01. The van der Waals surface area contributed by atoms with Gasteiger partial charge in [-0.25, -0.2) is 8.42 Å². The molecule has 0 aromatic heterocycles. The summed E-state index contributed by atoms with van der Waals surface area (Å²) < 4.78 is 37.9. The summed E-state index contributed by atoms with van der Waals surface area (Å²) in [5, 5.41) is 3.21. The van der Waals surface area contributed by atoms with E-state index < -0.39 is 10.1 Å². The largest absolute Gasteiger partial charge is 0.744 e. The average Bonchev–Trinajstić information content (AvgIpc) is 2.49. The Morgan fingerprint density at radius 1 is 1.05 bits per heavy atom. The van der Waals surface area contributed by atoms with Crippen LogP contribution in [0.4, 0.5) is 5.69 Å². The van der Waals surface area contributed by atoms with E-state index in [-0.39, 0.29) is 4.90 Å². The molecule has 1 aliphatic rings. The van der Waals surface area contributed by atoms with Crippen LogP contribution in [-0.4, -0.2) is 39.3 Å². The highest BCUT2D eigenvalue weighted by atomic mass is 32.2. The lowest BCUT2D eigenvalue weighted by molar-refractivity contribution is -0.670. The van der Waals surface area contributed by atoms with E-state index in [1.807, 2.05) is 0 Å². The van der Waals surface area contributed by atoms with E-state index in [1.165, 1.54) is 12.1 Å². The summed E-state index contributed by atoms with van der Waals surface area (Å²) in [4.78, 5) is -0.229. The number of ether oxygens (including phenoxy) is 1. The molecular formula is C14H18N2O4S. The van der Waals surface area contributed by atoms with Crippen LogP contribution in [0.2, 0.25) is 0 Å². The Bertz CT molecular complexity index is 700. The molecule has 2 aromatic carbocycles. The monoisotopic (exact) mass is 310 g/mol. The van der Waals surface area contributed by atoms with Crippen molar-refractivity contribution in [1.29, 1.82) is 0 Å². The molecule has 21 heavy (non-hydrogen) atoms. The molecule has 3 rings (SSSR count). The van der Waals surface area contributed by atoms with Gasteiger partial charge in [0.1, 0.15) is 10.1 Å². The number of fused-ring (bicyclic) bond motifs is 1. The van der Waals surface area contributed by atoms with Gasteiger partial charge in [-0.05, 0) is 12.1 Å². The van der Waals surface area contributed by atoms with Crippen molar-refractivity contribution >= 4 is 26.6 Å². The van der Waals surface area contributed by atoms with Crippen molar-refractivity contribution in [3.63, 3.8) is 0 Å². The number of benzene rings is 2. The molecule has 6 nitrogen and oxygen atoms in total. The Hall–Kier alpha value is -1.67. The zero-order valence-electron chi connectivity index (χ0n) is 11.5. The smallest absolute Gasteiger partial charge is 0.125 e. The van der Waals surface area contributed by atoms with Gasteiger partial charge in [-0.3, -0.25) is 0 Å². The number of quaternary nitrogens is 1. The molecule has 1 heterocycles. The Balaban J connectivity index is 0.000000225. The van der Waals surface area contributed by atoms with Crippen molar-refractivity contribution in [3.8, 4) is 0 Å². The predicted molar refractivity (Wildman–Crippen MR) is 78.8 cm³/mol. The standard InChI is InChI=1S/C10H9NO3S.C4H9NO/c11-9-5-6-10(15(12,13)14)8-4-2-1-3-7(8)9;1-3-6-4-2-5-1/h1-6H,11H2,(H,12,13,14);5H,1-4H2. The maximum absolute atomic E-state index is 11.0. The van der Waals surface area contributed by atoms with Gasteiger partial charge in [-0.2, -0.15) is 0 Å². The third-order valence-electron chi connectivity index (χ3n) is 3.12. The molecule has 1 aliphatic heterocycles. The maximum atomic E-state index is 11.0. The van der Waals surface area contributed by atoms with Crippen LogP contribution in [0.3, 0.4) is 0 Å². The van der Waals surface area contributed by atoms with Gasteiger partial charge in [-0.1, -0.05) is 24.3 Å². The minimum absolute atomic E-state index is 0.229. The SMILES string of the molecule is C1COCC[NH2+]1.Nc1ccc(S(=O)(=O)[O-])c2ccccc12. The molecule has 0 radical (unpaired) electrons. The summed E-state index contributed by atoms with van der Waals surface area (Å²) in [5.74, 6) is 0. The van der Waals surface area contributed by atoms with Crippen molar-refractivity contribution in [2.75, 3.05) is 32.0 Å². The molecule has 1 fully saturated rings. The zero-order chi connectivity index (χ0) is 15.3. The van der Waals surface area contributed by atoms with Crippen LogP contribution < -0.4 is 11.1 Å². The fraction of sp³-hybridized carbons (Fsp3) is 0.286. The number of hydrogen-bond donors (Lipinski definition) is 2. The van der Waals surface area contributed by atoms with E-state index in [4.69, 9.17) is 10.5 Å². The number of hydrogen-bond acceptors (Lipinski definition) is 5. The Kier molecular flexibility index (Phi) is 5.13. The number of nitrogen functional groups attached to an aromatic ring is 1. The molecule has 4 N–H and O–H groups in total. The second-order valence-corrected chi connectivity index (χ2v) is 5.98. The second-order valence-electron chi connectivity index (χ2n) is 4.63. The third kappa shape index (κ3) is 4.15. The number of nitrogens with two attached hydrogens (primary N) is 2. The van der Waals surface area contributed by atoms with Gasteiger partial charge in [0.15, 0.2) is 0 Å². The lowest BCUT2D eigenvalue weighted by Gasteiger charge is -2.11. The lowest BCUT2D eigenvalue weighted by atomic mass is 10.1. The quantitative estimate of drug-likeness (QED) is 0.565. The van der Waals surface area contributed by atoms with E-state index in [0.717, 1.165) is 26.3 Å². The molecular weight excluding hydrogens is 292 g/mol. The Morgan fingerprint density at radius 3 is 2.14 bits per heavy atom.